The molecule has 6 heteroatoms. The van der Waals surface area contributed by atoms with Gasteiger partial charge >= 0.3 is 6.09 Å². The maximum atomic E-state index is 12.2. The van der Waals surface area contributed by atoms with E-state index in [1.54, 1.807) is 11.3 Å². The average Bonchev–Trinajstić information content (AvgIpc) is 3.15. The number of hydrogen-bond donors (Lipinski definition) is 1. The smallest absolute Gasteiger partial charge is 0.410 e. The van der Waals surface area contributed by atoms with Gasteiger partial charge < -0.3 is 15.0 Å². The average molecular weight is 325 g/mol. The third-order valence-electron chi connectivity index (χ3n) is 3.50. The highest BCUT2D eigenvalue weighted by Gasteiger charge is 2.34. The number of amides is 1. The first-order valence-corrected chi connectivity index (χ1v) is 8.84. The summed E-state index contributed by atoms with van der Waals surface area (Å²) in [6, 6.07) is 0.388. The number of aryl methyl sites for hydroxylation is 1. The van der Waals surface area contributed by atoms with E-state index in [0.29, 0.717) is 6.04 Å². The topological polar surface area (TPSA) is 54.5 Å². The largest absolute Gasteiger partial charge is 0.444 e. The molecule has 0 saturated heterocycles. The fourth-order valence-corrected chi connectivity index (χ4v) is 2.95. The third kappa shape index (κ3) is 5.57. The van der Waals surface area contributed by atoms with Crippen LogP contribution in [0.3, 0.4) is 0 Å². The molecule has 0 bridgehead atoms. The Labute approximate surface area is 137 Å². The Morgan fingerprint density at radius 1 is 1.50 bits per heavy atom. The molecule has 0 radical (unpaired) electrons. The van der Waals surface area contributed by atoms with E-state index in [-0.39, 0.29) is 6.09 Å². The van der Waals surface area contributed by atoms with Crippen molar-refractivity contribution in [2.45, 2.75) is 65.1 Å². The Hall–Kier alpha value is -1.14. The molecule has 1 aromatic heterocycles. The highest BCUT2D eigenvalue weighted by atomic mass is 32.1. The van der Waals surface area contributed by atoms with Crippen molar-refractivity contribution >= 4 is 17.4 Å². The third-order valence-corrected chi connectivity index (χ3v) is 4.43. The molecule has 124 valence electrons. The number of nitrogens with one attached hydrogen (secondary N) is 1. The molecule has 0 spiro atoms. The van der Waals surface area contributed by atoms with Gasteiger partial charge in [-0.2, -0.15) is 0 Å². The van der Waals surface area contributed by atoms with E-state index in [2.05, 4.69) is 10.3 Å². The molecule has 5 nitrogen and oxygen atoms in total. The van der Waals surface area contributed by atoms with Gasteiger partial charge in [0.2, 0.25) is 0 Å². The van der Waals surface area contributed by atoms with E-state index in [1.165, 1.54) is 4.88 Å². The summed E-state index contributed by atoms with van der Waals surface area (Å²) in [5, 5.41) is 3.42. The fraction of sp³-hybridized carbons (Fsp3) is 0.750. The molecule has 22 heavy (non-hydrogen) atoms. The molecule has 1 aliphatic carbocycles. The number of rotatable bonds is 7. The van der Waals surface area contributed by atoms with Gasteiger partial charge in [-0.3, -0.25) is 0 Å². The van der Waals surface area contributed by atoms with Crippen molar-refractivity contribution in [3.05, 3.63) is 16.1 Å². The summed E-state index contributed by atoms with van der Waals surface area (Å²) in [6.07, 6.45) is 2.97. The molecule has 1 heterocycles. The fourth-order valence-electron chi connectivity index (χ4n) is 2.20. The molecule has 1 fully saturated rings. The van der Waals surface area contributed by atoms with Crippen molar-refractivity contribution < 1.29 is 9.53 Å². The first-order valence-electron chi connectivity index (χ1n) is 7.96. The maximum Gasteiger partial charge on any atom is 0.410 e. The molecule has 0 unspecified atom stereocenters. The van der Waals surface area contributed by atoms with Crippen molar-refractivity contribution in [2.24, 2.45) is 0 Å². The molecule has 1 aromatic rings. The summed E-state index contributed by atoms with van der Waals surface area (Å²) in [4.78, 5) is 19.6. The van der Waals surface area contributed by atoms with Crippen molar-refractivity contribution in [3.63, 3.8) is 0 Å². The van der Waals surface area contributed by atoms with Crippen LogP contribution < -0.4 is 5.32 Å². The zero-order chi connectivity index (χ0) is 16.2. The van der Waals surface area contributed by atoms with E-state index in [9.17, 15) is 4.79 Å². The van der Waals surface area contributed by atoms with Crippen LogP contribution in [0.15, 0.2) is 5.51 Å². The monoisotopic (exact) mass is 325 g/mol. The minimum atomic E-state index is -0.424. The highest BCUT2D eigenvalue weighted by Crippen LogP contribution is 2.28. The highest BCUT2D eigenvalue weighted by molar-refractivity contribution is 7.09. The summed E-state index contributed by atoms with van der Waals surface area (Å²) in [6.45, 7) is 10.3. The van der Waals surface area contributed by atoms with Crippen LogP contribution in [0.1, 0.15) is 50.6 Å². The normalized spacial score (nSPS) is 14.9. The minimum absolute atomic E-state index is 0.173. The molecule has 2 rings (SSSR count). The lowest BCUT2D eigenvalue weighted by Crippen LogP contribution is -2.39. The predicted molar refractivity (Wildman–Crippen MR) is 89.1 cm³/mol. The molecule has 1 amide bonds. The second-order valence-electron chi connectivity index (χ2n) is 6.80. The van der Waals surface area contributed by atoms with Gasteiger partial charge in [-0.1, -0.05) is 0 Å². The first-order chi connectivity index (χ1) is 10.4. The van der Waals surface area contributed by atoms with Crippen LogP contribution in [0, 0.1) is 6.92 Å². The summed E-state index contributed by atoms with van der Waals surface area (Å²) in [5.74, 6) is 0. The Morgan fingerprint density at radius 3 is 2.77 bits per heavy atom. The quantitative estimate of drug-likeness (QED) is 0.781. The Bertz CT molecular complexity index is 492. The zero-order valence-electron chi connectivity index (χ0n) is 14.0. The van der Waals surface area contributed by atoms with Gasteiger partial charge in [0.1, 0.15) is 5.60 Å². The van der Waals surface area contributed by atoms with Crippen LogP contribution >= 0.6 is 11.3 Å². The summed E-state index contributed by atoms with van der Waals surface area (Å²) in [7, 11) is 0. The van der Waals surface area contributed by atoms with Crippen LogP contribution in [0.25, 0.3) is 0 Å². The van der Waals surface area contributed by atoms with Crippen molar-refractivity contribution in [3.8, 4) is 0 Å². The van der Waals surface area contributed by atoms with E-state index < -0.39 is 5.60 Å². The van der Waals surface area contributed by atoms with Gasteiger partial charge in [0.25, 0.3) is 0 Å². The molecular formula is C16H27N3O2S. The summed E-state index contributed by atoms with van der Waals surface area (Å²) in [5.41, 5.74) is 2.56. The minimum Gasteiger partial charge on any atom is -0.444 e. The SMILES string of the molecule is Cc1ncsc1CNCCCN(C(=O)OC(C)(C)C)C1CC1. The number of nitrogens with zero attached hydrogens (tertiary/aromatic N) is 2. The lowest BCUT2D eigenvalue weighted by molar-refractivity contribution is 0.0232. The van der Waals surface area contributed by atoms with Gasteiger partial charge in [0, 0.05) is 24.0 Å². The Balaban J connectivity index is 1.69. The van der Waals surface area contributed by atoms with Gasteiger partial charge in [-0.25, -0.2) is 9.78 Å². The number of thiazole rings is 1. The predicted octanol–water partition coefficient (Wildman–Crippen LogP) is 3.33. The first kappa shape index (κ1) is 17.2. The van der Waals surface area contributed by atoms with E-state index in [0.717, 1.165) is 44.6 Å². The molecule has 0 atom stereocenters. The standard InChI is InChI=1S/C16H27N3O2S/c1-12-14(22-11-18-12)10-17-8-5-9-19(13-6-7-13)15(20)21-16(2,3)4/h11,13,17H,5-10H2,1-4H3. The summed E-state index contributed by atoms with van der Waals surface area (Å²) >= 11 is 1.68. The van der Waals surface area contributed by atoms with Gasteiger partial charge in [0.05, 0.1) is 11.2 Å². The van der Waals surface area contributed by atoms with Gasteiger partial charge in [-0.15, -0.1) is 11.3 Å². The van der Waals surface area contributed by atoms with Crippen LogP contribution in [0.2, 0.25) is 0 Å². The zero-order valence-corrected chi connectivity index (χ0v) is 14.8. The van der Waals surface area contributed by atoms with Crippen LogP contribution in [-0.4, -0.2) is 40.7 Å². The number of ether oxygens (including phenoxy) is 1. The molecular weight excluding hydrogens is 298 g/mol. The molecule has 1 N–H and O–H groups in total. The van der Waals surface area contributed by atoms with Gasteiger partial charge in [0.15, 0.2) is 0 Å². The second kappa shape index (κ2) is 7.42. The van der Waals surface area contributed by atoms with Gasteiger partial charge in [-0.05, 0) is 53.5 Å². The van der Waals surface area contributed by atoms with Crippen LogP contribution in [0.4, 0.5) is 4.79 Å². The molecule has 0 aliphatic heterocycles. The Kier molecular flexibility index (Phi) is 5.81. The maximum absolute atomic E-state index is 12.2. The van der Waals surface area contributed by atoms with E-state index in [4.69, 9.17) is 4.74 Å². The van der Waals surface area contributed by atoms with Crippen molar-refractivity contribution in [1.29, 1.82) is 0 Å². The van der Waals surface area contributed by atoms with Crippen molar-refractivity contribution in [2.75, 3.05) is 13.1 Å². The van der Waals surface area contributed by atoms with E-state index in [1.807, 2.05) is 38.1 Å². The Morgan fingerprint density at radius 2 is 2.23 bits per heavy atom. The lowest BCUT2D eigenvalue weighted by Gasteiger charge is -2.27. The number of aromatic nitrogens is 1. The lowest BCUT2D eigenvalue weighted by atomic mass is 10.2. The molecule has 1 aliphatic rings. The van der Waals surface area contributed by atoms with Crippen molar-refractivity contribution in [1.82, 2.24) is 15.2 Å². The molecule has 1 saturated carbocycles. The number of carbonyl (C=O) groups is 1. The molecule has 0 aromatic carbocycles. The second-order valence-corrected chi connectivity index (χ2v) is 7.74. The summed E-state index contributed by atoms with van der Waals surface area (Å²) < 4.78 is 5.49. The van der Waals surface area contributed by atoms with Crippen LogP contribution in [0.5, 0.6) is 0 Å². The number of carbonyl (C=O) groups excluding carboxylic acids is 1. The number of hydrogen-bond acceptors (Lipinski definition) is 5. The van der Waals surface area contributed by atoms with Crippen LogP contribution in [-0.2, 0) is 11.3 Å². The van der Waals surface area contributed by atoms with E-state index >= 15 is 0 Å².